The highest BCUT2D eigenvalue weighted by atomic mass is 35.5. The first-order valence-electron chi connectivity index (χ1n) is 9.51. The summed E-state index contributed by atoms with van der Waals surface area (Å²) in [5.74, 6) is -0.0867. The van der Waals surface area contributed by atoms with E-state index in [2.05, 4.69) is 22.1 Å². The Morgan fingerprint density at radius 1 is 1.28 bits per heavy atom. The number of carbonyl (C=O) groups is 2. The number of methoxy groups -OCH3 is 1. The smallest absolute Gasteiger partial charge is 0.340 e. The van der Waals surface area contributed by atoms with Crippen LogP contribution >= 0.6 is 46.3 Å². The maximum atomic E-state index is 12.6. The summed E-state index contributed by atoms with van der Waals surface area (Å²) < 4.78 is 6.65. The summed E-state index contributed by atoms with van der Waals surface area (Å²) in [5.41, 5.74) is 1.10. The van der Waals surface area contributed by atoms with E-state index in [1.54, 1.807) is 30.3 Å². The molecular weight excluding hydrogens is 491 g/mol. The zero-order chi connectivity index (χ0) is 23.3. The minimum atomic E-state index is -0.485. The van der Waals surface area contributed by atoms with E-state index in [4.69, 9.17) is 27.9 Å². The number of hydrogen-bond donors (Lipinski definition) is 1. The first-order valence-corrected chi connectivity index (χ1v) is 12.1. The number of amides is 1. The van der Waals surface area contributed by atoms with Gasteiger partial charge in [0.05, 0.1) is 28.5 Å². The van der Waals surface area contributed by atoms with Crippen molar-refractivity contribution in [2.75, 3.05) is 18.2 Å². The van der Waals surface area contributed by atoms with Gasteiger partial charge < -0.3 is 10.1 Å². The molecule has 7 nitrogen and oxygen atoms in total. The number of anilines is 1. The van der Waals surface area contributed by atoms with Gasteiger partial charge in [0.25, 0.3) is 0 Å². The fraction of sp³-hybridized carbons (Fsp3) is 0.238. The van der Waals surface area contributed by atoms with Crippen molar-refractivity contribution in [1.29, 1.82) is 0 Å². The van der Waals surface area contributed by atoms with Gasteiger partial charge in [-0.05, 0) is 30.7 Å². The molecule has 0 unspecified atom stereocenters. The molecule has 0 bridgehead atoms. The molecule has 168 valence electrons. The van der Waals surface area contributed by atoms with Crippen LogP contribution in [-0.2, 0) is 22.5 Å². The maximum Gasteiger partial charge on any atom is 0.340 e. The van der Waals surface area contributed by atoms with E-state index in [-0.39, 0.29) is 11.7 Å². The predicted octanol–water partition coefficient (Wildman–Crippen LogP) is 5.58. The molecule has 1 aromatic carbocycles. The number of thioether (sulfide) groups is 1. The van der Waals surface area contributed by atoms with Gasteiger partial charge in [-0.2, -0.15) is 0 Å². The Morgan fingerprint density at radius 3 is 2.72 bits per heavy atom. The SMILES string of the molecule is C=CCn1c(SCC(=O)Nc2sc(CC)cc2C(=O)OC)nnc1-c1ccc(Cl)c(Cl)c1. The molecule has 11 heteroatoms. The number of aryl methyl sites for hydroxylation is 1. The van der Waals surface area contributed by atoms with Gasteiger partial charge in [-0.25, -0.2) is 4.79 Å². The molecule has 0 fully saturated rings. The number of rotatable bonds is 9. The zero-order valence-corrected chi connectivity index (χ0v) is 20.5. The molecule has 0 spiro atoms. The normalized spacial score (nSPS) is 10.8. The lowest BCUT2D eigenvalue weighted by Crippen LogP contribution is -2.16. The van der Waals surface area contributed by atoms with Crippen molar-refractivity contribution >= 4 is 63.2 Å². The summed E-state index contributed by atoms with van der Waals surface area (Å²) in [6.45, 7) is 6.21. The van der Waals surface area contributed by atoms with E-state index >= 15 is 0 Å². The van der Waals surface area contributed by atoms with Crippen molar-refractivity contribution in [2.45, 2.75) is 25.0 Å². The lowest BCUT2D eigenvalue weighted by Gasteiger charge is -2.09. The molecule has 32 heavy (non-hydrogen) atoms. The number of aromatic nitrogens is 3. The van der Waals surface area contributed by atoms with Gasteiger partial charge in [0, 0.05) is 17.0 Å². The molecule has 0 aliphatic rings. The van der Waals surface area contributed by atoms with E-state index < -0.39 is 5.97 Å². The van der Waals surface area contributed by atoms with E-state index in [1.165, 1.54) is 30.2 Å². The number of carbonyl (C=O) groups excluding carboxylic acids is 2. The largest absolute Gasteiger partial charge is 0.465 e. The minimum Gasteiger partial charge on any atom is -0.465 e. The highest BCUT2D eigenvalue weighted by molar-refractivity contribution is 7.99. The summed E-state index contributed by atoms with van der Waals surface area (Å²) in [5, 5.41) is 13.2. The Kier molecular flexibility index (Phi) is 8.36. The topological polar surface area (TPSA) is 86.1 Å². The Labute approximate surface area is 203 Å². The van der Waals surface area contributed by atoms with Crippen LogP contribution in [0.1, 0.15) is 22.2 Å². The van der Waals surface area contributed by atoms with Crippen molar-refractivity contribution in [1.82, 2.24) is 14.8 Å². The lowest BCUT2D eigenvalue weighted by molar-refractivity contribution is -0.113. The number of thiophene rings is 1. The Balaban J connectivity index is 1.76. The summed E-state index contributed by atoms with van der Waals surface area (Å²) in [6.07, 6.45) is 2.47. The van der Waals surface area contributed by atoms with E-state index in [0.717, 1.165) is 16.9 Å². The number of esters is 1. The van der Waals surface area contributed by atoms with Crippen LogP contribution in [0.15, 0.2) is 42.1 Å². The van der Waals surface area contributed by atoms with Gasteiger partial charge in [0.2, 0.25) is 5.91 Å². The van der Waals surface area contributed by atoms with Gasteiger partial charge in [-0.1, -0.05) is 48.0 Å². The molecule has 0 saturated heterocycles. The molecule has 0 aliphatic carbocycles. The van der Waals surface area contributed by atoms with Crippen molar-refractivity contribution in [3.63, 3.8) is 0 Å². The number of ether oxygens (including phenoxy) is 1. The third-order valence-electron chi connectivity index (χ3n) is 4.33. The van der Waals surface area contributed by atoms with Crippen molar-refractivity contribution in [3.8, 4) is 11.4 Å². The average molecular weight is 511 g/mol. The maximum absolute atomic E-state index is 12.6. The van der Waals surface area contributed by atoms with Crippen LogP contribution in [0.5, 0.6) is 0 Å². The first kappa shape index (κ1) is 24.3. The number of hydrogen-bond acceptors (Lipinski definition) is 7. The molecule has 2 aromatic heterocycles. The van der Waals surface area contributed by atoms with Crippen molar-refractivity contribution in [3.05, 3.63) is 57.4 Å². The minimum absolute atomic E-state index is 0.0800. The first-order chi connectivity index (χ1) is 15.4. The number of allylic oxidation sites excluding steroid dienone is 1. The molecule has 0 atom stereocenters. The average Bonchev–Trinajstić information content (AvgIpc) is 3.38. The zero-order valence-electron chi connectivity index (χ0n) is 17.4. The van der Waals surface area contributed by atoms with Crippen LogP contribution in [0.25, 0.3) is 11.4 Å². The summed E-state index contributed by atoms with van der Waals surface area (Å²) in [4.78, 5) is 25.6. The molecule has 1 N–H and O–H groups in total. The highest BCUT2D eigenvalue weighted by Gasteiger charge is 2.20. The van der Waals surface area contributed by atoms with Crippen LogP contribution in [0.3, 0.4) is 0 Å². The Hall–Kier alpha value is -2.33. The Bertz CT molecular complexity index is 1160. The molecule has 0 radical (unpaired) electrons. The van der Waals surface area contributed by atoms with Gasteiger partial charge in [0.1, 0.15) is 5.00 Å². The molecular formula is C21H20Cl2N4O3S2. The second-order valence-corrected chi connectivity index (χ2v) is 9.37. The van der Waals surface area contributed by atoms with E-state index in [9.17, 15) is 9.59 Å². The van der Waals surface area contributed by atoms with Crippen LogP contribution < -0.4 is 5.32 Å². The second-order valence-electron chi connectivity index (χ2n) is 6.47. The summed E-state index contributed by atoms with van der Waals surface area (Å²) in [6, 6.07) is 6.95. The van der Waals surface area contributed by atoms with E-state index in [1.807, 2.05) is 11.5 Å². The molecule has 3 rings (SSSR count). The second kappa shape index (κ2) is 11.0. The fourth-order valence-electron chi connectivity index (χ4n) is 2.80. The van der Waals surface area contributed by atoms with Crippen LogP contribution in [0, 0.1) is 0 Å². The predicted molar refractivity (Wildman–Crippen MR) is 130 cm³/mol. The Morgan fingerprint density at radius 2 is 2.06 bits per heavy atom. The molecule has 2 heterocycles. The monoisotopic (exact) mass is 510 g/mol. The quantitative estimate of drug-likeness (QED) is 0.229. The molecule has 0 saturated carbocycles. The number of nitrogens with one attached hydrogen (secondary N) is 1. The van der Waals surface area contributed by atoms with Gasteiger partial charge in [0.15, 0.2) is 11.0 Å². The van der Waals surface area contributed by atoms with Gasteiger partial charge in [-0.3, -0.25) is 9.36 Å². The lowest BCUT2D eigenvalue weighted by atomic mass is 10.2. The van der Waals surface area contributed by atoms with Crippen LogP contribution in [0.2, 0.25) is 10.0 Å². The van der Waals surface area contributed by atoms with E-state index in [0.29, 0.717) is 38.1 Å². The fourth-order valence-corrected chi connectivity index (χ4v) is 4.85. The third kappa shape index (κ3) is 5.53. The molecule has 3 aromatic rings. The van der Waals surface area contributed by atoms with Crippen molar-refractivity contribution in [2.24, 2.45) is 0 Å². The van der Waals surface area contributed by atoms with Gasteiger partial charge in [-0.15, -0.1) is 28.1 Å². The van der Waals surface area contributed by atoms with Crippen LogP contribution in [0.4, 0.5) is 5.00 Å². The third-order valence-corrected chi connectivity index (χ3v) is 7.23. The number of benzene rings is 1. The summed E-state index contributed by atoms with van der Waals surface area (Å²) >= 11 is 14.7. The summed E-state index contributed by atoms with van der Waals surface area (Å²) in [7, 11) is 1.31. The number of nitrogens with zero attached hydrogens (tertiary/aromatic N) is 3. The van der Waals surface area contributed by atoms with Crippen molar-refractivity contribution < 1.29 is 14.3 Å². The molecule has 1 amide bonds. The number of halogens is 2. The van der Waals surface area contributed by atoms with Gasteiger partial charge >= 0.3 is 5.97 Å². The van der Waals surface area contributed by atoms with Crippen LogP contribution in [-0.4, -0.2) is 39.5 Å². The highest BCUT2D eigenvalue weighted by Crippen LogP contribution is 2.31. The molecule has 0 aliphatic heterocycles. The standard InChI is InChI=1S/C21H20Cl2N4O3S2/c1-4-8-27-18(12-6-7-15(22)16(23)9-12)25-26-21(27)31-11-17(28)24-19-14(20(29)30-3)10-13(5-2)32-19/h4,6-7,9-10H,1,5,8,11H2,2-3H3,(H,24,28).